The van der Waals surface area contributed by atoms with E-state index in [0.717, 1.165) is 11.3 Å². The van der Waals surface area contributed by atoms with E-state index in [1.165, 1.54) is 12.2 Å². The Morgan fingerprint density at radius 1 is 1.33 bits per heavy atom. The molecule has 112 valence electrons. The van der Waals surface area contributed by atoms with Gasteiger partial charge in [-0.2, -0.15) is 0 Å². The third-order valence-electron chi connectivity index (χ3n) is 2.69. The van der Waals surface area contributed by atoms with Crippen LogP contribution in [0.1, 0.15) is 19.4 Å². The number of rotatable bonds is 6. The van der Waals surface area contributed by atoms with Crippen LogP contribution < -0.4 is 4.74 Å². The summed E-state index contributed by atoms with van der Waals surface area (Å²) in [5.41, 5.74) is 1.58. The van der Waals surface area contributed by atoms with Crippen molar-refractivity contribution >= 4 is 5.97 Å². The predicted molar refractivity (Wildman–Crippen MR) is 82.1 cm³/mol. The van der Waals surface area contributed by atoms with E-state index < -0.39 is 5.97 Å². The van der Waals surface area contributed by atoms with Gasteiger partial charge in [0, 0.05) is 0 Å². The summed E-state index contributed by atoms with van der Waals surface area (Å²) in [6.45, 7) is 7.19. The number of esters is 1. The Morgan fingerprint density at radius 2 is 1.95 bits per heavy atom. The van der Waals surface area contributed by atoms with E-state index in [4.69, 9.17) is 9.47 Å². The first-order valence-corrected chi connectivity index (χ1v) is 6.50. The number of aliphatic hydroxyl groups is 1. The zero-order valence-corrected chi connectivity index (χ0v) is 12.6. The lowest BCUT2D eigenvalue weighted by molar-refractivity contribution is -0.140. The van der Waals surface area contributed by atoms with Crippen LogP contribution in [0.2, 0.25) is 0 Å². The highest BCUT2D eigenvalue weighted by Gasteiger charge is 2.15. The average Bonchev–Trinajstić information content (AvgIpc) is 2.49. The summed E-state index contributed by atoms with van der Waals surface area (Å²) >= 11 is 0. The lowest BCUT2D eigenvalue weighted by Crippen LogP contribution is -2.10. The summed E-state index contributed by atoms with van der Waals surface area (Å²) in [6.07, 6.45) is 2.93. The van der Waals surface area contributed by atoms with E-state index in [1.807, 2.05) is 12.1 Å². The molecule has 0 fully saturated rings. The second kappa shape index (κ2) is 7.94. The fraction of sp³-hybridized carbons (Fsp3) is 0.235. The average molecular weight is 288 g/mol. The zero-order chi connectivity index (χ0) is 15.8. The number of hydrogen-bond acceptors (Lipinski definition) is 4. The highest BCUT2D eigenvalue weighted by molar-refractivity contribution is 5.93. The first-order chi connectivity index (χ1) is 9.97. The van der Waals surface area contributed by atoms with Crippen molar-refractivity contribution in [2.45, 2.75) is 20.5 Å². The molecule has 0 aliphatic carbocycles. The van der Waals surface area contributed by atoms with Crippen LogP contribution in [-0.4, -0.2) is 18.2 Å². The second-order valence-corrected chi connectivity index (χ2v) is 4.50. The summed E-state index contributed by atoms with van der Waals surface area (Å²) in [4.78, 5) is 12.0. The number of carbonyl (C=O) groups is 1. The molecule has 0 aliphatic rings. The number of carbonyl (C=O) groups excluding carboxylic acids is 1. The van der Waals surface area contributed by atoms with Gasteiger partial charge in [0.05, 0.1) is 7.11 Å². The molecule has 0 radical (unpaired) electrons. The Morgan fingerprint density at radius 3 is 2.43 bits per heavy atom. The Bertz CT molecular complexity index is 565. The van der Waals surface area contributed by atoms with Gasteiger partial charge in [-0.15, -0.1) is 0 Å². The van der Waals surface area contributed by atoms with E-state index in [0.29, 0.717) is 5.57 Å². The molecule has 0 aromatic heterocycles. The van der Waals surface area contributed by atoms with Gasteiger partial charge in [-0.1, -0.05) is 24.3 Å². The third-order valence-corrected chi connectivity index (χ3v) is 2.69. The monoisotopic (exact) mass is 288 g/mol. The van der Waals surface area contributed by atoms with Crippen molar-refractivity contribution in [1.82, 2.24) is 0 Å². The number of ether oxygens (including phenoxy) is 2. The molecular weight excluding hydrogens is 268 g/mol. The van der Waals surface area contributed by atoms with Crippen molar-refractivity contribution in [3.05, 3.63) is 65.5 Å². The number of methoxy groups -OCH3 is 1. The predicted octanol–water partition coefficient (Wildman–Crippen LogP) is 3.70. The maximum absolute atomic E-state index is 12.0. The molecule has 4 nitrogen and oxygen atoms in total. The minimum Gasteiger partial charge on any atom is -0.507 e. The maximum Gasteiger partial charge on any atom is 0.342 e. The van der Waals surface area contributed by atoms with Crippen LogP contribution in [0.3, 0.4) is 0 Å². The molecule has 0 spiro atoms. The van der Waals surface area contributed by atoms with Gasteiger partial charge in [0.25, 0.3) is 0 Å². The van der Waals surface area contributed by atoms with Crippen molar-refractivity contribution in [2.75, 3.05) is 7.11 Å². The molecular formula is C17H20O4. The van der Waals surface area contributed by atoms with Crippen LogP contribution in [0.25, 0.3) is 0 Å². The SMILES string of the molecule is C=C(C)/C=C(C(=O)OCc1ccc(OC)cc1)\C(O)=C/C. The molecule has 4 heteroatoms. The van der Waals surface area contributed by atoms with Crippen molar-refractivity contribution in [3.63, 3.8) is 0 Å². The number of benzene rings is 1. The maximum atomic E-state index is 12.0. The van der Waals surface area contributed by atoms with Gasteiger partial charge in [-0.3, -0.25) is 0 Å². The molecule has 0 heterocycles. The van der Waals surface area contributed by atoms with Crippen LogP contribution in [-0.2, 0) is 16.1 Å². The summed E-state index contributed by atoms with van der Waals surface area (Å²) in [5, 5.41) is 9.74. The lowest BCUT2D eigenvalue weighted by Gasteiger charge is -2.08. The molecule has 1 N–H and O–H groups in total. The van der Waals surface area contributed by atoms with Gasteiger partial charge >= 0.3 is 5.97 Å². The molecule has 1 rings (SSSR count). The van der Waals surface area contributed by atoms with Crippen LogP contribution in [0, 0.1) is 0 Å². The first-order valence-electron chi connectivity index (χ1n) is 6.50. The molecule has 1 aromatic rings. The molecule has 0 bridgehead atoms. The minimum atomic E-state index is -0.593. The highest BCUT2D eigenvalue weighted by atomic mass is 16.5. The molecule has 0 unspecified atom stereocenters. The fourth-order valence-electron chi connectivity index (χ4n) is 1.59. The van der Waals surface area contributed by atoms with Crippen LogP contribution in [0.5, 0.6) is 5.75 Å². The number of allylic oxidation sites excluding steroid dienone is 3. The van der Waals surface area contributed by atoms with Crippen molar-refractivity contribution < 1.29 is 19.4 Å². The van der Waals surface area contributed by atoms with Crippen LogP contribution in [0.4, 0.5) is 0 Å². The normalized spacial score (nSPS) is 12.0. The molecule has 0 amide bonds. The van der Waals surface area contributed by atoms with Gasteiger partial charge in [0.2, 0.25) is 0 Å². The number of aliphatic hydroxyl groups excluding tert-OH is 1. The summed E-state index contributed by atoms with van der Waals surface area (Å²) in [6, 6.07) is 7.20. The quantitative estimate of drug-likeness (QED) is 0.375. The third kappa shape index (κ3) is 5.18. The summed E-state index contributed by atoms with van der Waals surface area (Å²) < 4.78 is 10.3. The minimum absolute atomic E-state index is 0.0958. The zero-order valence-electron chi connectivity index (χ0n) is 12.6. The van der Waals surface area contributed by atoms with Gasteiger partial charge in [0.1, 0.15) is 23.7 Å². The Hall–Kier alpha value is -2.49. The van der Waals surface area contributed by atoms with Gasteiger partial charge in [-0.25, -0.2) is 4.79 Å². The molecule has 0 aliphatic heterocycles. The van der Waals surface area contributed by atoms with E-state index in [2.05, 4.69) is 6.58 Å². The summed E-state index contributed by atoms with van der Waals surface area (Å²) in [5.74, 6) is 0.0154. The molecule has 0 saturated heterocycles. The molecule has 21 heavy (non-hydrogen) atoms. The standard InChI is InChI=1S/C17H20O4/c1-5-16(18)15(10-12(2)3)17(19)21-11-13-6-8-14(20-4)9-7-13/h5-10,18H,2,11H2,1,3-4H3/b15-10+,16-5+. The molecule has 0 saturated carbocycles. The number of hydrogen-bond donors (Lipinski definition) is 1. The molecule has 0 atom stereocenters. The van der Waals surface area contributed by atoms with Crippen molar-refractivity contribution in [3.8, 4) is 5.75 Å². The van der Waals surface area contributed by atoms with Gasteiger partial charge < -0.3 is 14.6 Å². The van der Waals surface area contributed by atoms with Crippen LogP contribution in [0.15, 0.2) is 59.9 Å². The van der Waals surface area contributed by atoms with Gasteiger partial charge in [-0.05, 0) is 43.7 Å². The smallest absolute Gasteiger partial charge is 0.342 e. The second-order valence-electron chi connectivity index (χ2n) is 4.50. The first kappa shape index (κ1) is 16.6. The van der Waals surface area contributed by atoms with E-state index >= 15 is 0 Å². The summed E-state index contributed by atoms with van der Waals surface area (Å²) in [7, 11) is 1.59. The Balaban J connectivity index is 2.76. The topological polar surface area (TPSA) is 55.8 Å². The largest absolute Gasteiger partial charge is 0.507 e. The lowest BCUT2D eigenvalue weighted by atomic mass is 10.1. The molecule has 1 aromatic carbocycles. The van der Waals surface area contributed by atoms with E-state index in [9.17, 15) is 9.90 Å². The van der Waals surface area contributed by atoms with Crippen molar-refractivity contribution in [2.24, 2.45) is 0 Å². The van der Waals surface area contributed by atoms with Crippen LogP contribution >= 0.6 is 0 Å². The highest BCUT2D eigenvalue weighted by Crippen LogP contribution is 2.15. The Labute approximate surface area is 125 Å². The van der Waals surface area contributed by atoms with E-state index in [-0.39, 0.29) is 17.9 Å². The van der Waals surface area contributed by atoms with E-state index in [1.54, 1.807) is 33.1 Å². The van der Waals surface area contributed by atoms with Crippen molar-refractivity contribution in [1.29, 1.82) is 0 Å². The van der Waals surface area contributed by atoms with Gasteiger partial charge in [0.15, 0.2) is 0 Å². The Kier molecular flexibility index (Phi) is 6.27. The fourth-order valence-corrected chi connectivity index (χ4v) is 1.59.